The summed E-state index contributed by atoms with van der Waals surface area (Å²) in [6.07, 6.45) is 2.88. The number of hydrogen-bond donors (Lipinski definition) is 4. The van der Waals surface area contributed by atoms with Crippen LogP contribution in [0.5, 0.6) is 0 Å². The predicted molar refractivity (Wildman–Crippen MR) is 190 cm³/mol. The normalized spacial score (nSPS) is 25.0. The number of para-hydroxylation sites is 1. The van der Waals surface area contributed by atoms with E-state index in [-0.39, 0.29) is 43.2 Å². The molecule has 10 nitrogen and oxygen atoms in total. The highest BCUT2D eigenvalue weighted by Gasteiger charge is 2.66. The van der Waals surface area contributed by atoms with Crippen LogP contribution in [-0.4, -0.2) is 71.1 Å². The molecule has 0 radical (unpaired) electrons. The molecule has 256 valence electrons. The third kappa shape index (κ3) is 5.88. The lowest BCUT2D eigenvalue weighted by atomic mass is 9.82. The number of nitrogens with zero attached hydrogens (tertiary/aromatic N) is 2. The number of aliphatic hydroxyl groups excluding tert-OH is 1. The first-order valence-corrected chi connectivity index (χ1v) is 20.2. The lowest BCUT2D eigenvalue weighted by Gasteiger charge is -2.33. The molecule has 3 aliphatic rings. The molecule has 49 heavy (non-hydrogen) atoms. The Morgan fingerprint density at radius 3 is 2.59 bits per heavy atom. The van der Waals surface area contributed by atoms with Crippen molar-refractivity contribution in [2.45, 2.75) is 75.5 Å². The zero-order valence-electron chi connectivity index (χ0n) is 28.2. The summed E-state index contributed by atoms with van der Waals surface area (Å²) in [5, 5.41) is 13.9. The van der Waals surface area contributed by atoms with Gasteiger partial charge in [0.15, 0.2) is 13.9 Å². The van der Waals surface area contributed by atoms with E-state index in [0.717, 1.165) is 34.9 Å². The number of amides is 3. The van der Waals surface area contributed by atoms with Crippen LogP contribution in [0.3, 0.4) is 0 Å². The van der Waals surface area contributed by atoms with E-state index in [4.69, 9.17) is 4.74 Å². The van der Waals surface area contributed by atoms with E-state index < -0.39 is 31.5 Å². The van der Waals surface area contributed by atoms with Gasteiger partial charge in [-0.05, 0) is 61.3 Å². The number of anilines is 2. The van der Waals surface area contributed by atoms with Crippen LogP contribution in [-0.2, 0) is 37.7 Å². The zero-order chi connectivity index (χ0) is 34.5. The second kappa shape index (κ2) is 12.9. The second-order valence-electron chi connectivity index (χ2n) is 14.3. The standard InChI is InChI=1S/C38H44N4O6Si/c1-24-36(49(2,3)47)33(20-35(45)41-17-9-12-28(41)23-43)48-38(24)30-19-27(40-34(44)18-26-21-39-31-14-8-7-13-29(26)31)15-16-32(30)42(37(38)46)22-25-10-5-4-6-11-25/h4-8,10-11,13-16,19,21,24,28,33,36,39,43,47H,9,12,17-18,20,22-23H2,1-3H3,(H,40,44)/t24-,28+,33+,36-,38+/m1/s1. The van der Waals surface area contributed by atoms with Crippen LogP contribution in [0.4, 0.5) is 11.4 Å². The van der Waals surface area contributed by atoms with Crippen molar-refractivity contribution in [1.82, 2.24) is 9.88 Å². The van der Waals surface area contributed by atoms with E-state index in [1.807, 2.05) is 99.0 Å². The monoisotopic (exact) mass is 680 g/mol. The number of aromatic nitrogens is 1. The highest BCUT2D eigenvalue weighted by atomic mass is 28.4. The average molecular weight is 681 g/mol. The van der Waals surface area contributed by atoms with Crippen LogP contribution >= 0.6 is 0 Å². The number of carbonyl (C=O) groups is 3. The molecular formula is C38H44N4O6Si. The van der Waals surface area contributed by atoms with Gasteiger partial charge in [-0.15, -0.1) is 0 Å². The molecule has 5 atom stereocenters. The third-order valence-corrected chi connectivity index (χ3v) is 13.3. The van der Waals surface area contributed by atoms with Crippen molar-refractivity contribution >= 4 is 48.3 Å². The van der Waals surface area contributed by atoms with Crippen molar-refractivity contribution in [3.63, 3.8) is 0 Å². The van der Waals surface area contributed by atoms with Gasteiger partial charge in [0.1, 0.15) is 0 Å². The van der Waals surface area contributed by atoms with Gasteiger partial charge in [0, 0.05) is 46.4 Å². The second-order valence-corrected chi connectivity index (χ2v) is 18.3. The Bertz CT molecular complexity index is 1890. The Morgan fingerprint density at radius 2 is 1.84 bits per heavy atom. The van der Waals surface area contributed by atoms with Gasteiger partial charge in [-0.2, -0.15) is 0 Å². The summed E-state index contributed by atoms with van der Waals surface area (Å²) in [4.78, 5) is 60.3. The molecule has 3 aromatic carbocycles. The van der Waals surface area contributed by atoms with E-state index in [1.165, 1.54) is 0 Å². The highest BCUT2D eigenvalue weighted by Crippen LogP contribution is 2.60. The molecule has 2 saturated heterocycles. The summed E-state index contributed by atoms with van der Waals surface area (Å²) in [6.45, 7) is 6.40. The van der Waals surface area contributed by atoms with Gasteiger partial charge in [0.05, 0.1) is 43.8 Å². The average Bonchev–Trinajstić information content (AvgIpc) is 3.83. The van der Waals surface area contributed by atoms with Gasteiger partial charge >= 0.3 is 0 Å². The van der Waals surface area contributed by atoms with E-state index in [1.54, 1.807) is 9.80 Å². The minimum Gasteiger partial charge on any atom is -0.432 e. The summed E-state index contributed by atoms with van der Waals surface area (Å²) in [5.74, 6) is -1.04. The molecule has 4 heterocycles. The fourth-order valence-corrected chi connectivity index (χ4v) is 11.1. The van der Waals surface area contributed by atoms with Crippen molar-refractivity contribution < 1.29 is 29.0 Å². The lowest BCUT2D eigenvalue weighted by molar-refractivity contribution is -0.150. The molecule has 0 aliphatic carbocycles. The molecule has 3 aliphatic heterocycles. The quantitative estimate of drug-likeness (QED) is 0.183. The van der Waals surface area contributed by atoms with Gasteiger partial charge in [-0.3, -0.25) is 14.4 Å². The maximum Gasteiger partial charge on any atom is 0.264 e. The fraction of sp³-hybridized carbons (Fsp3) is 0.395. The van der Waals surface area contributed by atoms with Crippen molar-refractivity contribution in [2.75, 3.05) is 23.4 Å². The lowest BCUT2D eigenvalue weighted by Crippen LogP contribution is -2.46. The highest BCUT2D eigenvalue weighted by molar-refractivity contribution is 6.71. The molecule has 4 aromatic rings. The molecule has 11 heteroatoms. The van der Waals surface area contributed by atoms with Crippen molar-refractivity contribution in [1.29, 1.82) is 0 Å². The Hall–Kier alpha value is -4.29. The fourth-order valence-electron chi connectivity index (χ4n) is 8.58. The first kappa shape index (κ1) is 33.2. The number of H-pyrrole nitrogens is 1. The van der Waals surface area contributed by atoms with Gasteiger partial charge in [0.2, 0.25) is 11.8 Å². The Labute approximate surface area is 287 Å². The maximum atomic E-state index is 14.8. The molecule has 0 saturated carbocycles. The van der Waals surface area contributed by atoms with Crippen LogP contribution in [0.1, 0.15) is 42.9 Å². The maximum absolute atomic E-state index is 14.8. The SMILES string of the molecule is C[C@@H]1[C@@H]([Si](C)(C)O)[C@H](CC(=O)N2CCC[C@H]2CO)O[C@@]12C(=O)N(Cc1ccccc1)c1ccc(NC(=O)Cc3c[nH]c4ccccc34)cc12. The summed E-state index contributed by atoms with van der Waals surface area (Å²) in [5.41, 5.74) is 2.74. The molecule has 7 rings (SSSR count). The summed E-state index contributed by atoms with van der Waals surface area (Å²) >= 11 is 0. The number of benzene rings is 3. The van der Waals surface area contributed by atoms with Gasteiger partial charge in [-0.1, -0.05) is 55.5 Å². The molecule has 1 spiro atoms. The Balaban J connectivity index is 1.24. The predicted octanol–water partition coefficient (Wildman–Crippen LogP) is 5.07. The minimum atomic E-state index is -3.01. The number of aliphatic hydroxyl groups is 1. The number of carbonyl (C=O) groups excluding carboxylic acids is 3. The smallest absolute Gasteiger partial charge is 0.264 e. The number of likely N-dealkylation sites (tertiary alicyclic amines) is 1. The Morgan fingerprint density at radius 1 is 1.08 bits per heavy atom. The molecule has 0 unspecified atom stereocenters. The minimum absolute atomic E-state index is 0.00654. The van der Waals surface area contributed by atoms with Gasteiger partial charge < -0.3 is 34.7 Å². The van der Waals surface area contributed by atoms with E-state index in [2.05, 4.69) is 10.3 Å². The Kier molecular flexibility index (Phi) is 8.72. The van der Waals surface area contributed by atoms with Crippen LogP contribution < -0.4 is 10.2 Å². The molecule has 4 N–H and O–H groups in total. The summed E-state index contributed by atoms with van der Waals surface area (Å²) in [7, 11) is -3.01. The molecule has 3 amide bonds. The first-order valence-electron chi connectivity index (χ1n) is 17.2. The van der Waals surface area contributed by atoms with Crippen LogP contribution in [0.15, 0.2) is 79.0 Å². The van der Waals surface area contributed by atoms with Crippen molar-refractivity contribution in [2.24, 2.45) is 5.92 Å². The topological polar surface area (TPSA) is 135 Å². The summed E-state index contributed by atoms with van der Waals surface area (Å²) in [6, 6.07) is 22.8. The van der Waals surface area contributed by atoms with E-state index in [9.17, 15) is 24.3 Å². The number of hydrogen-bond acceptors (Lipinski definition) is 6. The van der Waals surface area contributed by atoms with Crippen molar-refractivity contribution in [3.05, 3.63) is 95.7 Å². The molecule has 2 fully saturated rings. The van der Waals surface area contributed by atoms with Crippen molar-refractivity contribution in [3.8, 4) is 0 Å². The number of ether oxygens (including phenoxy) is 1. The number of rotatable bonds is 9. The number of fused-ring (bicyclic) bond motifs is 3. The first-order chi connectivity index (χ1) is 23.5. The van der Waals surface area contributed by atoms with Crippen LogP contribution in [0.25, 0.3) is 10.9 Å². The van der Waals surface area contributed by atoms with E-state index in [0.29, 0.717) is 30.0 Å². The molecule has 0 bridgehead atoms. The number of aromatic amines is 1. The molecule has 1 aromatic heterocycles. The van der Waals surface area contributed by atoms with Crippen LogP contribution in [0, 0.1) is 5.92 Å². The summed E-state index contributed by atoms with van der Waals surface area (Å²) < 4.78 is 6.92. The van der Waals surface area contributed by atoms with E-state index >= 15 is 0 Å². The number of nitrogens with one attached hydrogen (secondary N) is 2. The molecular weight excluding hydrogens is 637 g/mol. The van der Waals surface area contributed by atoms with Crippen LogP contribution in [0.2, 0.25) is 18.6 Å². The zero-order valence-corrected chi connectivity index (χ0v) is 29.2. The van der Waals surface area contributed by atoms with Gasteiger partial charge in [0.25, 0.3) is 5.91 Å². The van der Waals surface area contributed by atoms with Gasteiger partial charge in [-0.25, -0.2) is 0 Å². The largest absolute Gasteiger partial charge is 0.432 e. The third-order valence-electron chi connectivity index (χ3n) is 10.8.